The molecule has 1 aromatic rings. The Kier molecular flexibility index (Phi) is 8.26. The fraction of sp³-hybridized carbons (Fsp3) is 0.714. The lowest BCUT2D eigenvalue weighted by Crippen LogP contribution is -2.46. The molecule has 2 rings (SSSR count). The van der Waals surface area contributed by atoms with Crippen LogP contribution in [0.15, 0.2) is 30.3 Å². The van der Waals surface area contributed by atoms with Gasteiger partial charge in [0, 0.05) is 39.3 Å². The molecule has 1 heterocycles. The van der Waals surface area contributed by atoms with Crippen LogP contribution < -0.4 is 0 Å². The first-order chi connectivity index (χ1) is 12.9. The van der Waals surface area contributed by atoms with Crippen molar-refractivity contribution in [1.82, 2.24) is 9.80 Å². The molecule has 1 aliphatic heterocycles. The van der Waals surface area contributed by atoms with Crippen molar-refractivity contribution in [3.05, 3.63) is 35.9 Å². The van der Waals surface area contributed by atoms with Crippen LogP contribution in [0.1, 0.15) is 47.1 Å². The van der Waals surface area contributed by atoms with Crippen LogP contribution in [0.3, 0.4) is 0 Å². The first-order valence-electron chi connectivity index (χ1n) is 10.1. The van der Waals surface area contributed by atoms with Crippen molar-refractivity contribution in [2.75, 3.05) is 39.3 Å². The third-order valence-electron chi connectivity index (χ3n) is 4.14. The number of rotatable bonds is 8. The van der Waals surface area contributed by atoms with Crippen molar-refractivity contribution in [2.45, 2.75) is 59.3 Å². The zero-order valence-electron chi connectivity index (χ0n) is 18.3. The predicted molar refractivity (Wildman–Crippen MR) is 113 cm³/mol. The van der Waals surface area contributed by atoms with Crippen molar-refractivity contribution in [3.8, 4) is 0 Å². The maximum atomic E-state index is 13.0. The molecule has 0 bridgehead atoms. The molecule has 28 heavy (non-hydrogen) atoms. The average Bonchev–Trinajstić information content (AvgIpc) is 2.54. The van der Waals surface area contributed by atoms with Gasteiger partial charge in [0.05, 0.1) is 17.8 Å². The van der Waals surface area contributed by atoms with E-state index in [9.17, 15) is 4.57 Å². The highest BCUT2D eigenvalue weighted by Crippen LogP contribution is 2.55. The van der Waals surface area contributed by atoms with Gasteiger partial charge in [-0.25, -0.2) is 4.57 Å². The van der Waals surface area contributed by atoms with Crippen LogP contribution in [0.2, 0.25) is 0 Å². The lowest BCUT2D eigenvalue weighted by molar-refractivity contribution is -0.000446. The number of piperazine rings is 1. The van der Waals surface area contributed by atoms with Gasteiger partial charge < -0.3 is 0 Å². The quantitative estimate of drug-likeness (QED) is 0.584. The van der Waals surface area contributed by atoms with Gasteiger partial charge in [-0.05, 0) is 47.1 Å². The van der Waals surface area contributed by atoms with Crippen LogP contribution >= 0.6 is 7.82 Å². The molecule has 7 heteroatoms. The van der Waals surface area contributed by atoms with Gasteiger partial charge in [-0.1, -0.05) is 30.3 Å². The molecular formula is C21H37N2O4P. The van der Waals surface area contributed by atoms with Gasteiger partial charge >= 0.3 is 7.82 Å². The normalized spacial score (nSPS) is 17.8. The Hall–Kier alpha value is -0.750. The molecule has 0 aromatic heterocycles. The predicted octanol–water partition coefficient (Wildman–Crippen LogP) is 4.56. The van der Waals surface area contributed by atoms with Crippen molar-refractivity contribution >= 4 is 7.82 Å². The Balaban J connectivity index is 1.77. The highest BCUT2D eigenvalue weighted by atomic mass is 31.2. The van der Waals surface area contributed by atoms with E-state index in [1.165, 1.54) is 5.56 Å². The maximum Gasteiger partial charge on any atom is 0.475 e. The first kappa shape index (κ1) is 23.5. The highest BCUT2D eigenvalue weighted by Gasteiger charge is 2.37. The van der Waals surface area contributed by atoms with Crippen LogP contribution in [-0.2, 0) is 24.7 Å². The summed E-state index contributed by atoms with van der Waals surface area (Å²) >= 11 is 0. The van der Waals surface area contributed by atoms with E-state index < -0.39 is 19.0 Å². The van der Waals surface area contributed by atoms with E-state index in [0.29, 0.717) is 13.2 Å². The van der Waals surface area contributed by atoms with Crippen molar-refractivity contribution in [3.63, 3.8) is 0 Å². The second-order valence-electron chi connectivity index (χ2n) is 9.29. The van der Waals surface area contributed by atoms with Gasteiger partial charge in [0.25, 0.3) is 0 Å². The monoisotopic (exact) mass is 412 g/mol. The first-order valence-corrected chi connectivity index (χ1v) is 11.5. The smallest absolute Gasteiger partial charge is 0.298 e. The van der Waals surface area contributed by atoms with E-state index in [-0.39, 0.29) is 0 Å². The number of phosphoric ester groups is 1. The fourth-order valence-corrected chi connectivity index (χ4v) is 4.83. The zero-order valence-corrected chi connectivity index (χ0v) is 19.2. The number of nitrogens with zero attached hydrogens (tertiary/aromatic N) is 2. The van der Waals surface area contributed by atoms with E-state index in [0.717, 1.165) is 32.7 Å². The summed E-state index contributed by atoms with van der Waals surface area (Å²) in [5.41, 5.74) is 0.132. The van der Waals surface area contributed by atoms with Gasteiger partial charge in [-0.3, -0.25) is 23.4 Å². The Bertz CT molecular complexity index is 612. The highest BCUT2D eigenvalue weighted by molar-refractivity contribution is 7.48. The maximum absolute atomic E-state index is 13.0. The molecule has 0 unspecified atom stereocenters. The molecule has 0 spiro atoms. The molecule has 1 aromatic carbocycles. The summed E-state index contributed by atoms with van der Waals surface area (Å²) in [6.07, 6.45) is 0. The minimum atomic E-state index is -3.63. The third kappa shape index (κ3) is 9.17. The van der Waals surface area contributed by atoms with Crippen LogP contribution in [0.4, 0.5) is 0 Å². The van der Waals surface area contributed by atoms with Gasteiger partial charge in [0.1, 0.15) is 0 Å². The van der Waals surface area contributed by atoms with Crippen molar-refractivity contribution < 1.29 is 18.1 Å². The molecule has 0 N–H and O–H groups in total. The lowest BCUT2D eigenvalue weighted by Gasteiger charge is -2.35. The minimum absolute atomic E-state index is 0.322. The summed E-state index contributed by atoms with van der Waals surface area (Å²) in [6.45, 7) is 17.1. The summed E-state index contributed by atoms with van der Waals surface area (Å²) < 4.78 is 30.0. The molecule has 0 atom stereocenters. The van der Waals surface area contributed by atoms with Crippen molar-refractivity contribution in [1.29, 1.82) is 0 Å². The zero-order chi connectivity index (χ0) is 20.8. The molecule has 6 nitrogen and oxygen atoms in total. The summed E-state index contributed by atoms with van der Waals surface area (Å²) in [6, 6.07) is 10.6. The van der Waals surface area contributed by atoms with Crippen LogP contribution in [0, 0.1) is 0 Å². The molecule has 0 amide bonds. The molecule has 1 aliphatic rings. The Morgan fingerprint density at radius 2 is 1.36 bits per heavy atom. The molecule has 0 saturated carbocycles. The van der Waals surface area contributed by atoms with Crippen LogP contribution in [0.5, 0.6) is 0 Å². The summed E-state index contributed by atoms with van der Waals surface area (Å²) in [5.74, 6) is 0. The number of hydrogen-bond acceptors (Lipinski definition) is 6. The number of hydrogen-bond donors (Lipinski definition) is 0. The number of phosphoric acid groups is 1. The Labute approximate surface area is 170 Å². The fourth-order valence-electron chi connectivity index (χ4n) is 3.04. The Morgan fingerprint density at radius 3 is 1.86 bits per heavy atom. The second-order valence-corrected chi connectivity index (χ2v) is 10.8. The second kappa shape index (κ2) is 9.84. The van der Waals surface area contributed by atoms with E-state index >= 15 is 0 Å². The summed E-state index contributed by atoms with van der Waals surface area (Å²) in [4.78, 5) is 4.79. The average molecular weight is 413 g/mol. The lowest BCUT2D eigenvalue weighted by atomic mass is 10.2. The molecule has 0 radical (unpaired) electrons. The number of benzene rings is 1. The van der Waals surface area contributed by atoms with E-state index in [4.69, 9.17) is 13.6 Å². The largest absolute Gasteiger partial charge is 0.475 e. The molecule has 160 valence electrons. The van der Waals surface area contributed by atoms with E-state index in [1.54, 1.807) is 0 Å². The van der Waals surface area contributed by atoms with Gasteiger partial charge in [-0.2, -0.15) is 0 Å². The molecule has 1 saturated heterocycles. The van der Waals surface area contributed by atoms with E-state index in [1.807, 2.05) is 47.6 Å². The summed E-state index contributed by atoms with van der Waals surface area (Å²) in [7, 11) is -3.63. The molecule has 1 fully saturated rings. The minimum Gasteiger partial charge on any atom is -0.298 e. The van der Waals surface area contributed by atoms with Gasteiger partial charge in [-0.15, -0.1) is 0 Å². The molecule has 0 aliphatic carbocycles. The Morgan fingerprint density at radius 1 is 0.857 bits per heavy atom. The van der Waals surface area contributed by atoms with Crippen molar-refractivity contribution in [2.24, 2.45) is 0 Å². The third-order valence-corrected chi connectivity index (χ3v) is 6.18. The standard InChI is InChI=1S/C21H37N2O4P/c1-20(2,3)26-28(24,27-21(4,5)6)25-17-16-22-12-14-23(15-13-22)18-19-10-8-7-9-11-19/h7-11H,12-18H2,1-6H3. The topological polar surface area (TPSA) is 51.2 Å². The SMILES string of the molecule is CC(C)(C)OP(=O)(OCCN1CCN(Cc2ccccc2)CC1)OC(C)(C)C. The summed E-state index contributed by atoms with van der Waals surface area (Å²) in [5, 5.41) is 0. The van der Waals surface area contributed by atoms with Gasteiger partial charge in [0.15, 0.2) is 0 Å². The van der Waals surface area contributed by atoms with Crippen LogP contribution in [-0.4, -0.2) is 60.3 Å². The van der Waals surface area contributed by atoms with Crippen LogP contribution in [0.25, 0.3) is 0 Å². The van der Waals surface area contributed by atoms with Gasteiger partial charge in [0.2, 0.25) is 0 Å². The van der Waals surface area contributed by atoms with E-state index in [2.05, 4.69) is 34.1 Å². The molecular weight excluding hydrogens is 375 g/mol.